The summed E-state index contributed by atoms with van der Waals surface area (Å²) in [6.45, 7) is 8.10. The summed E-state index contributed by atoms with van der Waals surface area (Å²) in [6, 6.07) is 14.8. The maximum absolute atomic E-state index is 13.0. The average Bonchev–Trinajstić information content (AvgIpc) is 2.64. The van der Waals surface area contributed by atoms with Crippen LogP contribution in [0.4, 0.5) is 5.69 Å². The molecule has 0 saturated heterocycles. The van der Waals surface area contributed by atoms with Crippen LogP contribution in [0.25, 0.3) is 11.1 Å². The van der Waals surface area contributed by atoms with Gasteiger partial charge in [-0.25, -0.2) is 8.42 Å². The van der Waals surface area contributed by atoms with Crippen LogP contribution in [0.5, 0.6) is 0 Å². The lowest BCUT2D eigenvalue weighted by atomic mass is 9.95. The van der Waals surface area contributed by atoms with Gasteiger partial charge in [-0.1, -0.05) is 35.9 Å². The number of benzene rings is 3. The van der Waals surface area contributed by atoms with Crippen LogP contribution in [0.3, 0.4) is 0 Å². The Bertz CT molecular complexity index is 1160. The number of aryl methyl sites for hydroxylation is 4. The van der Waals surface area contributed by atoms with Gasteiger partial charge in [-0.15, -0.1) is 0 Å². The van der Waals surface area contributed by atoms with Crippen molar-refractivity contribution < 1.29 is 8.42 Å². The first kappa shape index (κ1) is 21.4. The van der Waals surface area contributed by atoms with Crippen LogP contribution < -0.4 is 10.5 Å². The lowest BCUT2D eigenvalue weighted by Gasteiger charge is -2.14. The van der Waals surface area contributed by atoms with Gasteiger partial charge in [-0.3, -0.25) is 4.72 Å². The molecular weight excluding hydrogens is 404 g/mol. The maximum Gasteiger partial charge on any atom is 0.262 e. The standard InChI is InChI=1S/C23H25ClN2O2S/c1-14-8-19(9-15(2)21(14)13-25)18-6-5-7-20(12-18)26-29(27,28)23-11-16(3)22(24)10-17(23)4/h5-12,26H,13,25H2,1-4H3. The lowest BCUT2D eigenvalue weighted by Crippen LogP contribution is -2.14. The summed E-state index contributed by atoms with van der Waals surface area (Å²) in [5.41, 5.74) is 13.0. The van der Waals surface area contributed by atoms with E-state index in [0.29, 0.717) is 22.8 Å². The molecule has 0 amide bonds. The number of halogens is 1. The highest BCUT2D eigenvalue weighted by atomic mass is 35.5. The molecule has 0 aliphatic carbocycles. The SMILES string of the molecule is Cc1cc(S(=O)(=O)Nc2cccc(-c3cc(C)c(CN)c(C)c3)c2)c(C)cc1Cl. The molecule has 3 aromatic carbocycles. The van der Waals surface area contributed by atoms with Crippen LogP contribution in [0.2, 0.25) is 5.02 Å². The van der Waals surface area contributed by atoms with E-state index in [4.69, 9.17) is 17.3 Å². The summed E-state index contributed by atoms with van der Waals surface area (Å²) >= 11 is 6.11. The van der Waals surface area contributed by atoms with Crippen molar-refractivity contribution in [2.45, 2.75) is 39.1 Å². The topological polar surface area (TPSA) is 72.2 Å². The molecule has 0 heterocycles. The van der Waals surface area contributed by atoms with Crippen molar-refractivity contribution in [2.24, 2.45) is 5.73 Å². The van der Waals surface area contributed by atoms with E-state index in [-0.39, 0.29) is 4.90 Å². The van der Waals surface area contributed by atoms with Crippen LogP contribution >= 0.6 is 11.6 Å². The Balaban J connectivity index is 1.98. The summed E-state index contributed by atoms with van der Waals surface area (Å²) in [6.07, 6.45) is 0. The van der Waals surface area contributed by atoms with Gasteiger partial charge in [0.25, 0.3) is 10.0 Å². The van der Waals surface area contributed by atoms with Crippen LogP contribution in [0.15, 0.2) is 53.4 Å². The number of anilines is 1. The van der Waals surface area contributed by atoms with Gasteiger partial charge in [0, 0.05) is 17.3 Å². The van der Waals surface area contributed by atoms with Crippen molar-refractivity contribution in [3.63, 3.8) is 0 Å². The Morgan fingerprint density at radius 2 is 1.52 bits per heavy atom. The quantitative estimate of drug-likeness (QED) is 0.563. The second-order valence-electron chi connectivity index (χ2n) is 7.35. The number of hydrogen-bond acceptors (Lipinski definition) is 3. The fraction of sp³-hybridized carbons (Fsp3) is 0.217. The van der Waals surface area contributed by atoms with Gasteiger partial charge in [0.2, 0.25) is 0 Å². The smallest absolute Gasteiger partial charge is 0.262 e. The first-order valence-electron chi connectivity index (χ1n) is 9.32. The normalized spacial score (nSPS) is 11.5. The first-order valence-corrected chi connectivity index (χ1v) is 11.2. The van der Waals surface area contributed by atoms with Gasteiger partial charge < -0.3 is 5.73 Å². The highest BCUT2D eigenvalue weighted by molar-refractivity contribution is 7.92. The minimum atomic E-state index is -3.73. The van der Waals surface area contributed by atoms with E-state index in [1.807, 2.05) is 32.0 Å². The van der Waals surface area contributed by atoms with Crippen molar-refractivity contribution in [1.29, 1.82) is 0 Å². The molecule has 0 atom stereocenters. The van der Waals surface area contributed by atoms with Crippen LogP contribution in [-0.2, 0) is 16.6 Å². The van der Waals surface area contributed by atoms with Crippen molar-refractivity contribution in [1.82, 2.24) is 0 Å². The first-order chi connectivity index (χ1) is 13.6. The number of sulfonamides is 1. The largest absolute Gasteiger partial charge is 0.326 e. The fourth-order valence-electron chi connectivity index (χ4n) is 3.50. The molecule has 0 aliphatic heterocycles. The molecule has 0 radical (unpaired) electrons. The molecule has 6 heteroatoms. The molecule has 3 rings (SSSR count). The van der Waals surface area contributed by atoms with E-state index in [2.05, 4.69) is 16.9 Å². The molecule has 152 valence electrons. The monoisotopic (exact) mass is 428 g/mol. The predicted molar refractivity (Wildman–Crippen MR) is 121 cm³/mol. The Labute approximate surface area is 177 Å². The molecule has 0 spiro atoms. The van der Waals surface area contributed by atoms with E-state index in [1.165, 1.54) is 0 Å². The molecule has 29 heavy (non-hydrogen) atoms. The van der Waals surface area contributed by atoms with E-state index < -0.39 is 10.0 Å². The number of hydrogen-bond donors (Lipinski definition) is 2. The molecule has 0 saturated carbocycles. The number of rotatable bonds is 5. The molecule has 0 bridgehead atoms. The van der Waals surface area contributed by atoms with Gasteiger partial charge >= 0.3 is 0 Å². The zero-order chi connectivity index (χ0) is 21.3. The van der Waals surface area contributed by atoms with Gasteiger partial charge in [0.05, 0.1) is 4.90 Å². The van der Waals surface area contributed by atoms with Gasteiger partial charge in [0.1, 0.15) is 0 Å². The summed E-state index contributed by atoms with van der Waals surface area (Å²) in [4.78, 5) is 0.226. The second-order valence-corrected chi connectivity index (χ2v) is 9.40. The average molecular weight is 429 g/mol. The molecule has 4 nitrogen and oxygen atoms in total. The molecule has 3 aromatic rings. The molecule has 0 unspecified atom stereocenters. The highest BCUT2D eigenvalue weighted by Crippen LogP contribution is 2.29. The van der Waals surface area contributed by atoms with Crippen LogP contribution in [0.1, 0.15) is 27.8 Å². The summed E-state index contributed by atoms with van der Waals surface area (Å²) in [5, 5.41) is 0.551. The van der Waals surface area contributed by atoms with E-state index in [0.717, 1.165) is 33.4 Å². The number of nitrogens with two attached hydrogens (primary N) is 1. The molecular formula is C23H25ClN2O2S. The van der Waals surface area contributed by atoms with Crippen molar-refractivity contribution in [2.75, 3.05) is 4.72 Å². The van der Waals surface area contributed by atoms with E-state index in [1.54, 1.807) is 32.0 Å². The minimum Gasteiger partial charge on any atom is -0.326 e. The third-order valence-corrected chi connectivity index (χ3v) is 7.02. The van der Waals surface area contributed by atoms with Crippen molar-refractivity contribution >= 4 is 27.3 Å². The Hall–Kier alpha value is -2.34. The Morgan fingerprint density at radius 3 is 2.14 bits per heavy atom. The van der Waals surface area contributed by atoms with Gasteiger partial charge in [-0.2, -0.15) is 0 Å². The third-order valence-electron chi connectivity index (χ3n) is 5.09. The van der Waals surface area contributed by atoms with Crippen molar-refractivity contribution in [3.05, 3.63) is 81.4 Å². The summed E-state index contributed by atoms with van der Waals surface area (Å²) in [7, 11) is -3.73. The summed E-state index contributed by atoms with van der Waals surface area (Å²) in [5.74, 6) is 0. The van der Waals surface area contributed by atoms with Crippen LogP contribution in [-0.4, -0.2) is 8.42 Å². The van der Waals surface area contributed by atoms with Gasteiger partial charge in [0.15, 0.2) is 0 Å². The highest BCUT2D eigenvalue weighted by Gasteiger charge is 2.19. The lowest BCUT2D eigenvalue weighted by molar-refractivity contribution is 0.600. The molecule has 0 fully saturated rings. The van der Waals surface area contributed by atoms with Crippen molar-refractivity contribution in [3.8, 4) is 11.1 Å². The third kappa shape index (κ3) is 4.47. The Kier molecular flexibility index (Phi) is 6.03. The molecule has 3 N–H and O–H groups in total. The molecule has 0 aliphatic rings. The zero-order valence-electron chi connectivity index (χ0n) is 17.0. The van der Waals surface area contributed by atoms with Crippen LogP contribution in [0, 0.1) is 27.7 Å². The Morgan fingerprint density at radius 1 is 0.862 bits per heavy atom. The maximum atomic E-state index is 13.0. The summed E-state index contributed by atoms with van der Waals surface area (Å²) < 4.78 is 28.6. The fourth-order valence-corrected chi connectivity index (χ4v) is 5.08. The zero-order valence-corrected chi connectivity index (χ0v) is 18.6. The number of nitrogens with one attached hydrogen (secondary N) is 1. The predicted octanol–water partition coefficient (Wildman–Crippen LogP) is 5.50. The molecule has 0 aromatic heterocycles. The van der Waals surface area contributed by atoms with E-state index >= 15 is 0 Å². The van der Waals surface area contributed by atoms with Gasteiger partial charge in [-0.05, 0) is 90.9 Å². The minimum absolute atomic E-state index is 0.226. The second kappa shape index (κ2) is 8.19. The van der Waals surface area contributed by atoms with E-state index in [9.17, 15) is 8.42 Å².